The third-order valence-corrected chi connectivity index (χ3v) is 8.06. The van der Waals surface area contributed by atoms with Crippen LogP contribution in [0.15, 0.2) is 103 Å². The number of likely N-dealkylation sites (N-methyl/N-ethyl adjacent to an activating group) is 1. The fraction of sp³-hybridized carbons (Fsp3) is 0.297. The van der Waals surface area contributed by atoms with Gasteiger partial charge in [-0.15, -0.1) is 0 Å². The van der Waals surface area contributed by atoms with Crippen LogP contribution < -0.4 is 15.4 Å². The quantitative estimate of drug-likeness (QED) is 0.180. The molecule has 230 valence electrons. The van der Waals surface area contributed by atoms with E-state index in [1.165, 1.54) is 0 Å². The Labute approximate surface area is 260 Å². The number of amides is 2. The Morgan fingerprint density at radius 1 is 0.795 bits per heavy atom. The van der Waals surface area contributed by atoms with Crippen molar-refractivity contribution in [2.75, 3.05) is 20.7 Å². The first-order valence-electron chi connectivity index (χ1n) is 15.0. The van der Waals surface area contributed by atoms with Crippen LogP contribution in [0.4, 0.5) is 0 Å². The Kier molecular flexibility index (Phi) is 11.3. The number of carbonyl (C=O) groups excluding carboxylic acids is 2. The van der Waals surface area contributed by atoms with Gasteiger partial charge in [0, 0.05) is 23.7 Å². The molecule has 0 aliphatic carbocycles. The Morgan fingerprint density at radius 2 is 1.36 bits per heavy atom. The van der Waals surface area contributed by atoms with Gasteiger partial charge in [0.25, 0.3) is 11.8 Å². The van der Waals surface area contributed by atoms with Crippen molar-refractivity contribution in [3.8, 4) is 5.75 Å². The highest BCUT2D eigenvalue weighted by atomic mass is 16.5. The molecule has 0 bridgehead atoms. The van der Waals surface area contributed by atoms with Crippen LogP contribution in [0.5, 0.6) is 5.75 Å². The Balaban J connectivity index is 1.49. The second kappa shape index (κ2) is 15.3. The maximum Gasteiger partial charge on any atom is 0.251 e. The van der Waals surface area contributed by atoms with E-state index in [0.717, 1.165) is 28.0 Å². The van der Waals surface area contributed by atoms with Crippen molar-refractivity contribution < 1.29 is 19.4 Å². The van der Waals surface area contributed by atoms with Gasteiger partial charge in [0.1, 0.15) is 5.75 Å². The van der Waals surface area contributed by atoms with Crippen molar-refractivity contribution >= 4 is 11.8 Å². The molecule has 0 saturated carbocycles. The van der Waals surface area contributed by atoms with Crippen LogP contribution in [-0.2, 0) is 6.42 Å². The molecule has 7 nitrogen and oxygen atoms in total. The molecule has 2 amide bonds. The van der Waals surface area contributed by atoms with Crippen molar-refractivity contribution in [1.82, 2.24) is 15.5 Å². The molecule has 3 N–H and O–H groups in total. The van der Waals surface area contributed by atoms with Crippen LogP contribution in [0.2, 0.25) is 0 Å². The zero-order chi connectivity index (χ0) is 31.6. The molecule has 44 heavy (non-hydrogen) atoms. The molecule has 0 aliphatic rings. The molecule has 4 aromatic carbocycles. The van der Waals surface area contributed by atoms with Crippen molar-refractivity contribution in [1.29, 1.82) is 0 Å². The number of nitrogens with zero attached hydrogens (tertiary/aromatic N) is 1. The highest BCUT2D eigenvalue weighted by molar-refractivity contribution is 6.00. The summed E-state index contributed by atoms with van der Waals surface area (Å²) in [5.74, 6) is 0.128. The van der Waals surface area contributed by atoms with Crippen molar-refractivity contribution in [2.45, 2.75) is 51.4 Å². The standard InChI is InChI=1S/C37H43N3O4/c1-25-20-31(36(42)38-26(2)29-16-18-33(44-5)19-17-29)23-32(21-25)37(43)39-34(22-28-12-8-6-9-13-28)35(41)24-40(4)27(3)30-14-10-7-11-15-30/h6-21,23,26-27,34-35,41H,22,24H2,1-5H3,(H,38,42)(H,39,43)/t26-,27+,34+,35-/m1/s1. The Bertz CT molecular complexity index is 1510. The van der Waals surface area contributed by atoms with E-state index in [1.54, 1.807) is 25.3 Å². The Morgan fingerprint density at radius 3 is 1.95 bits per heavy atom. The first-order valence-corrected chi connectivity index (χ1v) is 15.0. The van der Waals surface area contributed by atoms with Crippen LogP contribution in [0.1, 0.15) is 68.9 Å². The summed E-state index contributed by atoms with van der Waals surface area (Å²) >= 11 is 0. The maximum absolute atomic E-state index is 13.6. The number of aryl methyl sites for hydroxylation is 1. The molecule has 4 rings (SSSR count). The predicted octanol–water partition coefficient (Wildman–Crippen LogP) is 5.89. The van der Waals surface area contributed by atoms with Crippen LogP contribution in [-0.4, -0.2) is 54.7 Å². The summed E-state index contributed by atoms with van der Waals surface area (Å²) in [7, 11) is 3.59. The zero-order valence-electron chi connectivity index (χ0n) is 26.2. The summed E-state index contributed by atoms with van der Waals surface area (Å²) in [6.07, 6.45) is -0.381. The third-order valence-electron chi connectivity index (χ3n) is 8.06. The molecule has 4 atom stereocenters. The van der Waals surface area contributed by atoms with Crippen LogP contribution >= 0.6 is 0 Å². The van der Waals surface area contributed by atoms with E-state index < -0.39 is 12.1 Å². The predicted molar refractivity (Wildman–Crippen MR) is 175 cm³/mol. The number of hydrogen-bond donors (Lipinski definition) is 3. The van der Waals surface area contributed by atoms with E-state index >= 15 is 0 Å². The number of aliphatic hydroxyl groups is 1. The van der Waals surface area contributed by atoms with Gasteiger partial charge in [0.05, 0.1) is 25.3 Å². The van der Waals surface area contributed by atoms with E-state index in [9.17, 15) is 14.7 Å². The fourth-order valence-corrected chi connectivity index (χ4v) is 5.27. The summed E-state index contributed by atoms with van der Waals surface area (Å²) in [4.78, 5) is 29.0. The lowest BCUT2D eigenvalue weighted by Crippen LogP contribution is -2.49. The van der Waals surface area contributed by atoms with Gasteiger partial charge in [-0.1, -0.05) is 72.8 Å². The van der Waals surface area contributed by atoms with Crippen LogP contribution in [0.25, 0.3) is 0 Å². The van der Waals surface area contributed by atoms with Crippen LogP contribution in [0, 0.1) is 6.92 Å². The van der Waals surface area contributed by atoms with Gasteiger partial charge in [-0.3, -0.25) is 14.5 Å². The van der Waals surface area contributed by atoms with Gasteiger partial charge < -0.3 is 20.5 Å². The van der Waals surface area contributed by atoms with Gasteiger partial charge >= 0.3 is 0 Å². The maximum atomic E-state index is 13.6. The number of benzene rings is 4. The smallest absolute Gasteiger partial charge is 0.251 e. The number of aliphatic hydroxyl groups excluding tert-OH is 1. The van der Waals surface area contributed by atoms with Crippen molar-refractivity contribution in [2.24, 2.45) is 0 Å². The molecular formula is C37H43N3O4. The Hall–Kier alpha value is -4.46. The molecular weight excluding hydrogens is 550 g/mol. The summed E-state index contributed by atoms with van der Waals surface area (Å²) < 4.78 is 5.23. The monoisotopic (exact) mass is 593 g/mol. The van der Waals surface area contributed by atoms with Crippen LogP contribution in [0.3, 0.4) is 0 Å². The molecule has 0 fully saturated rings. The largest absolute Gasteiger partial charge is 0.497 e. The third kappa shape index (κ3) is 8.78. The molecule has 0 spiro atoms. The number of hydrogen-bond acceptors (Lipinski definition) is 5. The normalized spacial score (nSPS) is 13.9. The minimum Gasteiger partial charge on any atom is -0.497 e. The highest BCUT2D eigenvalue weighted by Crippen LogP contribution is 2.21. The average Bonchev–Trinajstić information content (AvgIpc) is 3.04. The summed E-state index contributed by atoms with van der Waals surface area (Å²) in [6.45, 7) is 6.23. The number of carbonyl (C=O) groups is 2. The number of rotatable bonds is 13. The SMILES string of the molecule is COc1ccc([C@@H](C)NC(=O)c2cc(C)cc(C(=O)N[C@@H](Cc3ccccc3)[C@H](O)CN(C)[C@@H](C)c3ccccc3)c2)cc1. The number of nitrogens with one attached hydrogen (secondary N) is 2. The van der Waals surface area contributed by atoms with Gasteiger partial charge in [-0.05, 0) is 86.8 Å². The topological polar surface area (TPSA) is 90.9 Å². The first kappa shape index (κ1) is 32.5. The van der Waals surface area contributed by atoms with E-state index in [0.29, 0.717) is 24.1 Å². The molecule has 0 heterocycles. The zero-order valence-corrected chi connectivity index (χ0v) is 26.2. The summed E-state index contributed by atoms with van der Waals surface area (Å²) in [6, 6.07) is 31.9. The molecule has 0 unspecified atom stereocenters. The minimum atomic E-state index is -0.840. The van der Waals surface area contributed by atoms with Gasteiger partial charge in [0.15, 0.2) is 0 Å². The molecule has 0 radical (unpaired) electrons. The van der Waals surface area contributed by atoms with E-state index in [-0.39, 0.29) is 23.9 Å². The second-order valence-electron chi connectivity index (χ2n) is 11.4. The van der Waals surface area contributed by atoms with Crippen molar-refractivity contribution in [3.05, 3.63) is 137 Å². The lowest BCUT2D eigenvalue weighted by Gasteiger charge is -2.31. The number of ether oxygens (including phenoxy) is 1. The fourth-order valence-electron chi connectivity index (χ4n) is 5.27. The minimum absolute atomic E-state index is 0.0806. The second-order valence-corrected chi connectivity index (χ2v) is 11.4. The van der Waals surface area contributed by atoms with E-state index in [1.807, 2.05) is 93.7 Å². The lowest BCUT2D eigenvalue weighted by molar-refractivity contribution is 0.0656. The van der Waals surface area contributed by atoms with E-state index in [4.69, 9.17) is 4.74 Å². The molecule has 4 aromatic rings. The molecule has 7 heteroatoms. The summed E-state index contributed by atoms with van der Waals surface area (Å²) in [5.41, 5.74) is 4.64. The van der Waals surface area contributed by atoms with Gasteiger partial charge in [-0.2, -0.15) is 0 Å². The molecule has 0 aromatic heterocycles. The lowest BCUT2D eigenvalue weighted by atomic mass is 9.98. The number of methoxy groups -OCH3 is 1. The average molecular weight is 594 g/mol. The molecule has 0 aliphatic heterocycles. The summed E-state index contributed by atoms with van der Waals surface area (Å²) in [5, 5.41) is 17.5. The highest BCUT2D eigenvalue weighted by Gasteiger charge is 2.26. The molecule has 0 saturated heterocycles. The van der Waals surface area contributed by atoms with Gasteiger partial charge in [-0.25, -0.2) is 0 Å². The van der Waals surface area contributed by atoms with Crippen molar-refractivity contribution in [3.63, 3.8) is 0 Å². The van der Waals surface area contributed by atoms with E-state index in [2.05, 4.69) is 34.6 Å². The first-order chi connectivity index (χ1) is 21.1. The van der Waals surface area contributed by atoms with Gasteiger partial charge in [0.2, 0.25) is 0 Å².